The third-order valence-electron chi connectivity index (χ3n) is 3.31. The molecule has 2 amide bonds. The average molecular weight is 308 g/mol. The molecule has 3 N–H and O–H groups in total. The number of nitrogens with one attached hydrogen (secondary N) is 1. The Morgan fingerprint density at radius 3 is 2.86 bits per heavy atom. The van der Waals surface area contributed by atoms with E-state index in [1.807, 2.05) is 0 Å². The molecule has 1 heterocycles. The van der Waals surface area contributed by atoms with Crippen LogP contribution >= 0.6 is 0 Å². The molecular formula is C15H20N2O5. The predicted octanol–water partition coefficient (Wildman–Crippen LogP) is 0.468. The number of nitrogens with two attached hydrogens (primary N) is 1. The zero-order chi connectivity index (χ0) is 15.9. The highest BCUT2D eigenvalue weighted by atomic mass is 16.5. The molecule has 1 aliphatic heterocycles. The normalized spacial score (nSPS) is 17.0. The first-order valence-electron chi connectivity index (χ1n) is 7.09. The number of rotatable bonds is 7. The Morgan fingerprint density at radius 1 is 1.41 bits per heavy atom. The minimum absolute atomic E-state index is 0.0871. The Hall–Kier alpha value is -2.28. The number of methoxy groups -OCH3 is 1. The summed E-state index contributed by atoms with van der Waals surface area (Å²) in [6.07, 6.45) is 2.08. The van der Waals surface area contributed by atoms with E-state index in [0.29, 0.717) is 23.6 Å². The fourth-order valence-electron chi connectivity index (χ4n) is 2.19. The molecule has 0 aliphatic carbocycles. The molecule has 1 fully saturated rings. The van der Waals surface area contributed by atoms with Crippen molar-refractivity contribution in [3.63, 3.8) is 0 Å². The molecule has 1 aliphatic rings. The van der Waals surface area contributed by atoms with E-state index in [1.54, 1.807) is 18.2 Å². The van der Waals surface area contributed by atoms with Gasteiger partial charge in [0.2, 0.25) is 0 Å². The van der Waals surface area contributed by atoms with Crippen molar-refractivity contribution in [2.45, 2.75) is 18.9 Å². The molecular weight excluding hydrogens is 288 g/mol. The van der Waals surface area contributed by atoms with Crippen molar-refractivity contribution in [3.05, 3.63) is 23.8 Å². The maximum atomic E-state index is 12.1. The first kappa shape index (κ1) is 16.1. The predicted molar refractivity (Wildman–Crippen MR) is 79.0 cm³/mol. The van der Waals surface area contributed by atoms with Crippen LogP contribution in [0.5, 0.6) is 11.5 Å². The maximum Gasteiger partial charge on any atom is 0.255 e. The fourth-order valence-corrected chi connectivity index (χ4v) is 2.19. The standard InChI is InChI=1S/C15H20N2O5/c1-20-13-7-10(4-5-12(13)22-9-14(16)18)15(19)17-8-11-3-2-6-21-11/h4-5,7,11H,2-3,6,8-9H2,1H3,(H2,16,18)(H,17,19). The van der Waals surface area contributed by atoms with Gasteiger partial charge in [0.25, 0.3) is 11.8 Å². The van der Waals surface area contributed by atoms with Crippen LogP contribution in [0.15, 0.2) is 18.2 Å². The highest BCUT2D eigenvalue weighted by Gasteiger charge is 2.17. The van der Waals surface area contributed by atoms with E-state index in [-0.39, 0.29) is 18.6 Å². The highest BCUT2D eigenvalue weighted by Crippen LogP contribution is 2.28. The van der Waals surface area contributed by atoms with Gasteiger partial charge in [-0.25, -0.2) is 0 Å². The summed E-state index contributed by atoms with van der Waals surface area (Å²) in [5, 5.41) is 2.83. The summed E-state index contributed by atoms with van der Waals surface area (Å²) in [6, 6.07) is 4.73. The van der Waals surface area contributed by atoms with Crippen molar-refractivity contribution in [1.82, 2.24) is 5.32 Å². The fraction of sp³-hybridized carbons (Fsp3) is 0.467. The Kier molecular flexibility index (Phi) is 5.60. The number of hydrogen-bond donors (Lipinski definition) is 2. The molecule has 1 aromatic rings. The minimum atomic E-state index is -0.583. The van der Waals surface area contributed by atoms with Gasteiger partial charge in [0.15, 0.2) is 18.1 Å². The molecule has 0 spiro atoms. The topological polar surface area (TPSA) is 99.9 Å². The Morgan fingerprint density at radius 2 is 2.23 bits per heavy atom. The average Bonchev–Trinajstić information content (AvgIpc) is 3.03. The van der Waals surface area contributed by atoms with Gasteiger partial charge in [0.1, 0.15) is 0 Å². The molecule has 120 valence electrons. The lowest BCUT2D eigenvalue weighted by Crippen LogP contribution is -2.31. The van der Waals surface area contributed by atoms with E-state index in [0.717, 1.165) is 19.4 Å². The van der Waals surface area contributed by atoms with Crippen molar-refractivity contribution < 1.29 is 23.8 Å². The van der Waals surface area contributed by atoms with Crippen LogP contribution in [0.2, 0.25) is 0 Å². The van der Waals surface area contributed by atoms with Crippen molar-refractivity contribution in [1.29, 1.82) is 0 Å². The van der Waals surface area contributed by atoms with E-state index in [9.17, 15) is 9.59 Å². The Balaban J connectivity index is 1.97. The summed E-state index contributed by atoms with van der Waals surface area (Å²) in [5.74, 6) is -0.0707. The van der Waals surface area contributed by atoms with Gasteiger partial charge in [0.05, 0.1) is 13.2 Å². The molecule has 0 saturated carbocycles. The lowest BCUT2D eigenvalue weighted by molar-refractivity contribution is -0.119. The first-order chi connectivity index (χ1) is 10.6. The molecule has 1 saturated heterocycles. The molecule has 0 aromatic heterocycles. The zero-order valence-corrected chi connectivity index (χ0v) is 12.5. The summed E-state index contributed by atoms with van der Waals surface area (Å²) in [5.41, 5.74) is 5.47. The second-order valence-corrected chi connectivity index (χ2v) is 4.97. The van der Waals surface area contributed by atoms with E-state index in [2.05, 4.69) is 5.32 Å². The number of hydrogen-bond acceptors (Lipinski definition) is 5. The number of carbonyl (C=O) groups is 2. The van der Waals surface area contributed by atoms with Crippen LogP contribution in [0.3, 0.4) is 0 Å². The molecule has 1 atom stereocenters. The number of benzene rings is 1. The van der Waals surface area contributed by atoms with E-state index in [4.69, 9.17) is 19.9 Å². The van der Waals surface area contributed by atoms with Crippen LogP contribution in [0.4, 0.5) is 0 Å². The summed E-state index contributed by atoms with van der Waals surface area (Å²) < 4.78 is 15.8. The summed E-state index contributed by atoms with van der Waals surface area (Å²) in [7, 11) is 1.46. The van der Waals surface area contributed by atoms with Gasteiger partial charge >= 0.3 is 0 Å². The summed E-state index contributed by atoms with van der Waals surface area (Å²) >= 11 is 0. The van der Waals surface area contributed by atoms with E-state index < -0.39 is 5.91 Å². The molecule has 1 unspecified atom stereocenters. The second-order valence-electron chi connectivity index (χ2n) is 4.97. The van der Waals surface area contributed by atoms with Crippen molar-refractivity contribution in [2.24, 2.45) is 5.73 Å². The van der Waals surface area contributed by atoms with Gasteiger partial charge in [-0.1, -0.05) is 0 Å². The Bertz CT molecular complexity index is 541. The van der Waals surface area contributed by atoms with E-state index in [1.165, 1.54) is 7.11 Å². The van der Waals surface area contributed by atoms with E-state index >= 15 is 0 Å². The van der Waals surface area contributed by atoms with Crippen LogP contribution in [0.1, 0.15) is 23.2 Å². The largest absolute Gasteiger partial charge is 0.493 e. The van der Waals surface area contributed by atoms with Crippen molar-refractivity contribution in [2.75, 3.05) is 26.9 Å². The third-order valence-corrected chi connectivity index (χ3v) is 3.31. The molecule has 1 aromatic carbocycles. The van der Waals surface area contributed by atoms with Crippen LogP contribution in [-0.2, 0) is 9.53 Å². The van der Waals surface area contributed by atoms with Gasteiger partial charge in [-0.3, -0.25) is 9.59 Å². The van der Waals surface area contributed by atoms with Crippen LogP contribution in [0.25, 0.3) is 0 Å². The van der Waals surface area contributed by atoms with Gasteiger partial charge < -0.3 is 25.3 Å². The lowest BCUT2D eigenvalue weighted by Gasteiger charge is -2.13. The summed E-state index contributed by atoms with van der Waals surface area (Å²) in [6.45, 7) is 0.988. The minimum Gasteiger partial charge on any atom is -0.493 e. The zero-order valence-electron chi connectivity index (χ0n) is 12.5. The molecule has 7 heteroatoms. The molecule has 2 rings (SSSR count). The first-order valence-corrected chi connectivity index (χ1v) is 7.09. The van der Waals surface area contributed by atoms with Crippen LogP contribution in [0, 0.1) is 0 Å². The lowest BCUT2D eigenvalue weighted by atomic mass is 10.1. The number of amides is 2. The molecule has 0 radical (unpaired) electrons. The van der Waals surface area contributed by atoms with Crippen LogP contribution in [-0.4, -0.2) is 44.8 Å². The van der Waals surface area contributed by atoms with Gasteiger partial charge in [-0.05, 0) is 31.0 Å². The number of primary amides is 1. The van der Waals surface area contributed by atoms with Gasteiger partial charge in [-0.15, -0.1) is 0 Å². The Labute approximate surface area is 128 Å². The smallest absolute Gasteiger partial charge is 0.255 e. The second kappa shape index (κ2) is 7.65. The highest BCUT2D eigenvalue weighted by molar-refractivity contribution is 5.94. The number of ether oxygens (including phenoxy) is 3. The van der Waals surface area contributed by atoms with Gasteiger partial charge in [-0.2, -0.15) is 0 Å². The molecule has 0 bridgehead atoms. The van der Waals surface area contributed by atoms with Crippen molar-refractivity contribution >= 4 is 11.8 Å². The summed E-state index contributed by atoms with van der Waals surface area (Å²) in [4.78, 5) is 22.8. The van der Waals surface area contributed by atoms with Crippen LogP contribution < -0.4 is 20.5 Å². The molecule has 7 nitrogen and oxygen atoms in total. The quantitative estimate of drug-likeness (QED) is 0.762. The van der Waals surface area contributed by atoms with Crippen molar-refractivity contribution in [3.8, 4) is 11.5 Å². The van der Waals surface area contributed by atoms with Gasteiger partial charge in [0, 0.05) is 18.7 Å². The SMILES string of the molecule is COc1cc(C(=O)NCC2CCCO2)ccc1OCC(N)=O. The number of carbonyl (C=O) groups excluding carboxylic acids is 2. The monoisotopic (exact) mass is 308 g/mol. The molecule has 22 heavy (non-hydrogen) atoms. The maximum absolute atomic E-state index is 12.1. The third kappa shape index (κ3) is 4.36.